The zero-order chi connectivity index (χ0) is 11.0. The molecule has 0 bridgehead atoms. The van der Waals surface area contributed by atoms with Crippen LogP contribution in [0.25, 0.3) is 0 Å². The minimum Gasteiger partial charge on any atom is -0.844 e. The molecule has 13 heteroatoms. The van der Waals surface area contributed by atoms with Gasteiger partial charge >= 0.3 is 0 Å². The van der Waals surface area contributed by atoms with Crippen molar-refractivity contribution in [3.05, 3.63) is 0 Å². The molecule has 0 aromatic rings. The standard InChI is InChI=1S/Mo.2H3O3PS.OS/c;2*1-4(2,3)5;1-2/h;2*(H3,1,2,3,5);/p-6. The van der Waals surface area contributed by atoms with Crippen molar-refractivity contribution in [2.45, 2.75) is 0 Å². The normalized spacial score (nSPS) is 9.38. The van der Waals surface area contributed by atoms with Crippen molar-refractivity contribution in [1.29, 1.82) is 0 Å². The third kappa shape index (κ3) is 610. The Morgan fingerprint density at radius 1 is 0.692 bits per heavy atom. The molecule has 0 heterocycles. The summed E-state index contributed by atoms with van der Waals surface area (Å²) in [6, 6.07) is 0. The average Bonchev–Trinajstić information content (AvgIpc) is 1.59. The molecule has 0 atom stereocenters. The molecule has 0 saturated heterocycles. The van der Waals surface area contributed by atoms with Gasteiger partial charge in [0.2, 0.25) is 0 Å². The fourth-order valence-electron chi connectivity index (χ4n) is 0. The zero-order valence-electron chi connectivity index (χ0n) is 5.39. The second-order valence-electron chi connectivity index (χ2n) is 0.894. The summed E-state index contributed by atoms with van der Waals surface area (Å²) in [4.78, 5) is 53.5. The van der Waals surface area contributed by atoms with E-state index in [1.807, 2.05) is 0 Å². The van der Waals surface area contributed by atoms with E-state index in [1.165, 1.54) is 0 Å². The molecule has 0 radical (unpaired) electrons. The molecule has 0 saturated carbocycles. The van der Waals surface area contributed by atoms with Crippen LogP contribution in [0.15, 0.2) is 0 Å². The van der Waals surface area contributed by atoms with Gasteiger partial charge in [-0.25, -0.2) is 0 Å². The predicted molar refractivity (Wildman–Crippen MR) is 36.7 cm³/mol. The van der Waals surface area contributed by atoms with E-state index in [2.05, 4.69) is 36.1 Å². The fraction of sp³-hybridized carbons (Fsp3) is 0. The van der Waals surface area contributed by atoms with Gasteiger partial charge in [0.15, 0.2) is 12.5 Å². The van der Waals surface area contributed by atoms with Crippen LogP contribution in [0.3, 0.4) is 0 Å². The Bertz CT molecular complexity index is 146. The van der Waals surface area contributed by atoms with E-state index in [1.54, 1.807) is 0 Å². The van der Waals surface area contributed by atoms with Gasteiger partial charge in [0.05, 0.1) is 0 Å². The predicted octanol–water partition coefficient (Wildman–Crippen LogP) is -5.76. The molecular weight excluding hydrogens is 366 g/mol. The molecule has 0 aliphatic carbocycles. The van der Waals surface area contributed by atoms with E-state index in [4.69, 9.17) is 33.6 Å². The summed E-state index contributed by atoms with van der Waals surface area (Å²) in [6.07, 6.45) is 0. The van der Waals surface area contributed by atoms with Crippen LogP contribution in [-0.2, 0) is 57.2 Å². The van der Waals surface area contributed by atoms with Gasteiger partial charge in [0.25, 0.3) is 0 Å². The van der Waals surface area contributed by atoms with Crippen molar-refractivity contribution in [1.82, 2.24) is 0 Å². The molecule has 13 heavy (non-hydrogen) atoms. The summed E-state index contributed by atoms with van der Waals surface area (Å²) >= 11 is 9.38. The molecule has 0 N–H and O–H groups in total. The van der Waals surface area contributed by atoms with Crippen molar-refractivity contribution in [3.63, 3.8) is 0 Å². The molecular formula is MoO7P2S3-6. The molecule has 0 aliphatic heterocycles. The van der Waals surface area contributed by atoms with Crippen molar-refractivity contribution >= 4 is 49.6 Å². The minimum absolute atomic E-state index is 0. The maximum absolute atomic E-state index is 8.92. The van der Waals surface area contributed by atoms with Gasteiger partial charge in [-0.05, 0) is 0 Å². The van der Waals surface area contributed by atoms with E-state index in [-0.39, 0.29) is 21.1 Å². The molecule has 0 aliphatic rings. The quantitative estimate of drug-likeness (QED) is 0.299. The Kier molecular flexibility index (Phi) is 22.0. The summed E-state index contributed by atoms with van der Waals surface area (Å²) in [5.74, 6) is 0. The van der Waals surface area contributed by atoms with Crippen LogP contribution in [-0.4, -0.2) is 4.21 Å². The number of hydrogen-bond donors (Lipinski definition) is 0. The largest absolute Gasteiger partial charge is 0.844 e. The monoisotopic (exact) mass is 368 g/mol. The molecule has 7 nitrogen and oxygen atoms in total. The minimum atomic E-state index is -4.56. The molecule has 0 rings (SSSR count). The van der Waals surface area contributed by atoms with Gasteiger partial charge in [-0.2, -0.15) is 27.8 Å². The van der Waals surface area contributed by atoms with E-state index >= 15 is 0 Å². The van der Waals surface area contributed by atoms with E-state index in [0.29, 0.717) is 0 Å². The molecule has 0 aromatic heterocycles. The van der Waals surface area contributed by atoms with Crippen LogP contribution >= 0.6 is 13.4 Å². The Balaban J connectivity index is -0.0000000491. The molecule has 82 valence electrons. The number of rotatable bonds is 0. The second kappa shape index (κ2) is 11.8. The van der Waals surface area contributed by atoms with Gasteiger partial charge in [-0.1, -0.05) is 0 Å². The van der Waals surface area contributed by atoms with Crippen molar-refractivity contribution in [3.8, 4) is 0 Å². The molecule has 0 unspecified atom stereocenters. The number of hydrogen-bond acceptors (Lipinski definition) is 10. The van der Waals surface area contributed by atoms with E-state index in [9.17, 15) is 0 Å². The summed E-state index contributed by atoms with van der Waals surface area (Å²) in [5.41, 5.74) is 0. The topological polar surface area (TPSA) is 155 Å². The van der Waals surface area contributed by atoms with Crippen LogP contribution in [0.4, 0.5) is 0 Å². The summed E-state index contributed by atoms with van der Waals surface area (Å²) < 4.78 is 7.83. The Morgan fingerprint density at radius 2 is 0.692 bits per heavy atom. The van der Waals surface area contributed by atoms with Gasteiger partial charge in [-0.15, -0.1) is 0 Å². The maximum atomic E-state index is 8.92. The summed E-state index contributed by atoms with van der Waals surface area (Å²) in [5, 5.41) is 0. The summed E-state index contributed by atoms with van der Waals surface area (Å²) in [7, 11) is 0. The van der Waals surface area contributed by atoms with Crippen LogP contribution < -0.4 is 29.4 Å². The van der Waals surface area contributed by atoms with Gasteiger partial charge in [0.1, 0.15) is 0 Å². The van der Waals surface area contributed by atoms with Crippen molar-refractivity contribution in [2.75, 3.05) is 0 Å². The van der Waals surface area contributed by atoms with Gasteiger partial charge < -0.3 is 42.8 Å². The van der Waals surface area contributed by atoms with Gasteiger partial charge in [-0.3, -0.25) is 0 Å². The average molecular weight is 366 g/mol. The van der Waals surface area contributed by atoms with Crippen molar-refractivity contribution in [2.24, 2.45) is 0 Å². The Labute approximate surface area is 104 Å². The zero-order valence-corrected chi connectivity index (χ0v) is 11.6. The third-order valence-electron chi connectivity index (χ3n) is 0. The maximum Gasteiger partial charge on any atom is 0.197 e. The third-order valence-corrected chi connectivity index (χ3v) is 0. The smallest absolute Gasteiger partial charge is 0.197 e. The first kappa shape index (κ1) is 24.1. The van der Waals surface area contributed by atoms with Crippen molar-refractivity contribution < 1.29 is 54.6 Å². The van der Waals surface area contributed by atoms with Crippen LogP contribution in [0.2, 0.25) is 0 Å². The Hall–Kier alpha value is 1.77. The Morgan fingerprint density at radius 3 is 0.692 bits per heavy atom. The van der Waals surface area contributed by atoms with Gasteiger partial charge in [0, 0.05) is 21.1 Å². The molecule has 0 aromatic carbocycles. The first-order valence-electron chi connectivity index (χ1n) is 1.63. The first-order valence-corrected chi connectivity index (χ1v) is 7.07. The first-order chi connectivity index (χ1) is 5.00. The van der Waals surface area contributed by atoms with Crippen LogP contribution in [0.1, 0.15) is 0 Å². The molecule has 0 spiro atoms. The van der Waals surface area contributed by atoms with Crippen LogP contribution in [0.5, 0.6) is 0 Å². The summed E-state index contributed by atoms with van der Waals surface area (Å²) in [6.45, 7) is -9.11. The van der Waals surface area contributed by atoms with E-state index in [0.717, 1.165) is 0 Å². The van der Waals surface area contributed by atoms with Crippen LogP contribution in [0, 0.1) is 0 Å². The second-order valence-corrected chi connectivity index (χ2v) is 5.37. The SMILES string of the molecule is O=S.[Mo].[O-]P([O-])([O-])=S.[O-]P([O-])([O-])=S. The molecule has 0 amide bonds. The molecule has 0 fully saturated rings. The fourth-order valence-corrected chi connectivity index (χ4v) is 0. The van der Waals surface area contributed by atoms with E-state index < -0.39 is 13.4 Å².